The molecule has 0 aliphatic carbocycles. The van der Waals surface area contributed by atoms with Crippen LogP contribution < -0.4 is 10.1 Å². The number of para-hydroxylation sites is 1. The lowest BCUT2D eigenvalue weighted by Gasteiger charge is -2.25. The Balaban J connectivity index is 1.63. The van der Waals surface area contributed by atoms with E-state index in [1.807, 2.05) is 32.0 Å². The molecular formula is C18H22ClN3O2. The lowest BCUT2D eigenvalue weighted by molar-refractivity contribution is 0.0937. The first-order valence-corrected chi connectivity index (χ1v) is 8.72. The highest BCUT2D eigenvalue weighted by molar-refractivity contribution is 6.17. The van der Waals surface area contributed by atoms with E-state index in [0.717, 1.165) is 23.6 Å². The molecule has 0 radical (unpaired) electrons. The Morgan fingerprint density at radius 3 is 3.00 bits per heavy atom. The Labute approximate surface area is 147 Å². The number of hydrogen-bond acceptors (Lipinski definition) is 3. The van der Waals surface area contributed by atoms with Gasteiger partial charge < -0.3 is 10.1 Å². The van der Waals surface area contributed by atoms with Gasteiger partial charge in [0, 0.05) is 24.0 Å². The van der Waals surface area contributed by atoms with Crippen LogP contribution in [0.4, 0.5) is 0 Å². The zero-order valence-electron chi connectivity index (χ0n) is 14.0. The van der Waals surface area contributed by atoms with Crippen molar-refractivity contribution in [1.82, 2.24) is 15.1 Å². The summed E-state index contributed by atoms with van der Waals surface area (Å²) in [5.74, 6) is 1.63. The monoisotopic (exact) mass is 347 g/mol. The van der Waals surface area contributed by atoms with E-state index < -0.39 is 0 Å². The Kier molecular flexibility index (Phi) is 5.09. The zero-order chi connectivity index (χ0) is 17.1. The van der Waals surface area contributed by atoms with Crippen molar-refractivity contribution in [2.75, 3.05) is 19.0 Å². The third-order valence-corrected chi connectivity index (χ3v) is 4.58. The van der Waals surface area contributed by atoms with Crippen LogP contribution in [-0.2, 0) is 13.0 Å². The van der Waals surface area contributed by atoms with Crippen LogP contribution in [0.2, 0.25) is 0 Å². The second-order valence-electron chi connectivity index (χ2n) is 6.16. The molecule has 1 amide bonds. The summed E-state index contributed by atoms with van der Waals surface area (Å²) in [7, 11) is 0. The van der Waals surface area contributed by atoms with Gasteiger partial charge in [-0.3, -0.25) is 9.48 Å². The highest BCUT2D eigenvalue weighted by Gasteiger charge is 2.22. The minimum atomic E-state index is -0.0790. The van der Waals surface area contributed by atoms with Gasteiger partial charge in [-0.2, -0.15) is 5.10 Å². The maximum absolute atomic E-state index is 12.6. The number of ether oxygens (including phenoxy) is 1. The average Bonchev–Trinajstić information content (AvgIpc) is 2.87. The molecule has 0 saturated carbocycles. The average molecular weight is 348 g/mol. The number of amides is 1. The van der Waals surface area contributed by atoms with Gasteiger partial charge in [-0.25, -0.2) is 0 Å². The molecule has 1 atom stereocenters. The van der Waals surface area contributed by atoms with Gasteiger partial charge in [-0.1, -0.05) is 18.2 Å². The minimum Gasteiger partial charge on any atom is -0.493 e. The van der Waals surface area contributed by atoms with E-state index in [1.165, 1.54) is 5.56 Å². The molecule has 6 heteroatoms. The van der Waals surface area contributed by atoms with E-state index in [0.29, 0.717) is 31.1 Å². The first-order chi connectivity index (χ1) is 11.6. The molecule has 0 spiro atoms. The lowest BCUT2D eigenvalue weighted by Crippen LogP contribution is -2.35. The van der Waals surface area contributed by atoms with Crippen molar-refractivity contribution in [2.45, 2.75) is 26.8 Å². The fraction of sp³-hybridized carbons (Fsp3) is 0.444. The maximum Gasteiger partial charge on any atom is 0.255 e. The van der Waals surface area contributed by atoms with Gasteiger partial charge in [0.05, 0.1) is 24.4 Å². The molecule has 5 nitrogen and oxygen atoms in total. The molecule has 3 rings (SSSR count). The number of alkyl halides is 1. The highest BCUT2D eigenvalue weighted by atomic mass is 35.5. The van der Waals surface area contributed by atoms with Crippen molar-refractivity contribution in [1.29, 1.82) is 0 Å². The summed E-state index contributed by atoms with van der Waals surface area (Å²) in [4.78, 5) is 12.6. The second kappa shape index (κ2) is 7.26. The summed E-state index contributed by atoms with van der Waals surface area (Å²) in [5, 5.41) is 7.42. The Morgan fingerprint density at radius 1 is 1.42 bits per heavy atom. The van der Waals surface area contributed by atoms with Gasteiger partial charge >= 0.3 is 0 Å². The number of aryl methyl sites for hydroxylation is 2. The SMILES string of the molecule is Cc1nn(CCCl)c(C)c1C(=O)NC[C@@H]1COc2ccccc2C1. The standard InChI is InChI=1S/C18H22ClN3O2/c1-12-17(13(2)22(21-12)8-7-19)18(23)20-10-14-9-15-5-3-4-6-16(15)24-11-14/h3-6,14H,7-11H2,1-2H3,(H,20,23)/t14-/m1/s1. The zero-order valence-corrected chi connectivity index (χ0v) is 14.8. The molecule has 0 saturated heterocycles. The molecule has 0 bridgehead atoms. The van der Waals surface area contributed by atoms with E-state index >= 15 is 0 Å². The number of aromatic nitrogens is 2. The summed E-state index contributed by atoms with van der Waals surface area (Å²) >= 11 is 5.78. The van der Waals surface area contributed by atoms with Crippen LogP contribution in [0.15, 0.2) is 24.3 Å². The van der Waals surface area contributed by atoms with Crippen LogP contribution in [0.25, 0.3) is 0 Å². The van der Waals surface area contributed by atoms with Crippen molar-refractivity contribution in [3.05, 3.63) is 46.8 Å². The smallest absolute Gasteiger partial charge is 0.255 e. The normalized spacial score (nSPS) is 16.4. The molecule has 1 aromatic carbocycles. The number of fused-ring (bicyclic) bond motifs is 1. The summed E-state index contributed by atoms with van der Waals surface area (Å²) in [5.41, 5.74) is 3.44. The number of carbonyl (C=O) groups is 1. The van der Waals surface area contributed by atoms with Gasteiger partial charge in [0.1, 0.15) is 5.75 Å². The second-order valence-corrected chi connectivity index (χ2v) is 6.53. The molecule has 0 fully saturated rings. The number of hydrogen-bond donors (Lipinski definition) is 1. The number of halogens is 1. The molecule has 0 unspecified atom stereocenters. The van der Waals surface area contributed by atoms with E-state index in [-0.39, 0.29) is 11.8 Å². The van der Waals surface area contributed by atoms with Crippen LogP contribution >= 0.6 is 11.6 Å². The fourth-order valence-corrected chi connectivity index (χ4v) is 3.33. The number of rotatable bonds is 5. The molecular weight excluding hydrogens is 326 g/mol. The lowest BCUT2D eigenvalue weighted by atomic mass is 9.96. The third kappa shape index (κ3) is 3.41. The van der Waals surface area contributed by atoms with Crippen LogP contribution in [0, 0.1) is 19.8 Å². The molecule has 2 heterocycles. The molecule has 2 aromatic rings. The molecule has 1 N–H and O–H groups in total. The Bertz CT molecular complexity index is 742. The molecule has 1 aromatic heterocycles. The number of benzene rings is 1. The maximum atomic E-state index is 12.6. The van der Waals surface area contributed by atoms with E-state index in [1.54, 1.807) is 4.68 Å². The van der Waals surface area contributed by atoms with Crippen molar-refractivity contribution in [3.63, 3.8) is 0 Å². The van der Waals surface area contributed by atoms with Crippen molar-refractivity contribution in [2.24, 2.45) is 5.92 Å². The van der Waals surface area contributed by atoms with Gasteiger partial charge in [0.25, 0.3) is 5.91 Å². The van der Waals surface area contributed by atoms with Crippen LogP contribution in [0.1, 0.15) is 27.3 Å². The third-order valence-electron chi connectivity index (χ3n) is 4.41. The largest absolute Gasteiger partial charge is 0.493 e. The van der Waals surface area contributed by atoms with Gasteiger partial charge in [0.2, 0.25) is 0 Å². The summed E-state index contributed by atoms with van der Waals surface area (Å²) in [6.45, 7) is 5.58. The summed E-state index contributed by atoms with van der Waals surface area (Å²) in [6, 6.07) is 8.06. The van der Waals surface area contributed by atoms with E-state index in [2.05, 4.69) is 16.5 Å². The number of carbonyl (C=O) groups excluding carboxylic acids is 1. The van der Waals surface area contributed by atoms with Crippen LogP contribution in [0.3, 0.4) is 0 Å². The van der Waals surface area contributed by atoms with Crippen LogP contribution in [0.5, 0.6) is 5.75 Å². The van der Waals surface area contributed by atoms with Crippen molar-refractivity contribution >= 4 is 17.5 Å². The Morgan fingerprint density at radius 2 is 2.21 bits per heavy atom. The minimum absolute atomic E-state index is 0.0790. The van der Waals surface area contributed by atoms with Gasteiger partial charge in [-0.05, 0) is 31.9 Å². The van der Waals surface area contributed by atoms with Crippen molar-refractivity contribution < 1.29 is 9.53 Å². The fourth-order valence-electron chi connectivity index (χ4n) is 3.17. The first-order valence-electron chi connectivity index (χ1n) is 8.19. The Hall–Kier alpha value is -2.01. The quantitative estimate of drug-likeness (QED) is 0.846. The number of nitrogens with one attached hydrogen (secondary N) is 1. The summed E-state index contributed by atoms with van der Waals surface area (Å²) < 4.78 is 7.56. The molecule has 1 aliphatic heterocycles. The predicted octanol–water partition coefficient (Wildman–Crippen LogP) is 2.72. The summed E-state index contributed by atoms with van der Waals surface area (Å²) in [6.07, 6.45) is 0.917. The van der Waals surface area contributed by atoms with E-state index in [9.17, 15) is 4.79 Å². The molecule has 128 valence electrons. The van der Waals surface area contributed by atoms with Gasteiger partial charge in [-0.15, -0.1) is 11.6 Å². The predicted molar refractivity (Wildman–Crippen MR) is 93.9 cm³/mol. The molecule has 1 aliphatic rings. The van der Waals surface area contributed by atoms with E-state index in [4.69, 9.17) is 16.3 Å². The highest BCUT2D eigenvalue weighted by Crippen LogP contribution is 2.26. The molecule has 24 heavy (non-hydrogen) atoms. The van der Waals surface area contributed by atoms with Crippen LogP contribution in [-0.4, -0.2) is 34.7 Å². The number of nitrogens with zero attached hydrogens (tertiary/aromatic N) is 2. The van der Waals surface area contributed by atoms with Gasteiger partial charge in [0.15, 0.2) is 0 Å². The topological polar surface area (TPSA) is 56.2 Å². The van der Waals surface area contributed by atoms with Crippen molar-refractivity contribution in [3.8, 4) is 5.75 Å². The first kappa shape index (κ1) is 16.8.